The first-order valence-corrected chi connectivity index (χ1v) is 14.9. The highest BCUT2D eigenvalue weighted by molar-refractivity contribution is 8.00. The number of carbonyl (C=O) groups is 1. The van der Waals surface area contributed by atoms with Gasteiger partial charge in [0.1, 0.15) is 11.4 Å². The summed E-state index contributed by atoms with van der Waals surface area (Å²) in [6, 6.07) is 19.7. The van der Waals surface area contributed by atoms with Crippen molar-refractivity contribution in [2.75, 3.05) is 10.0 Å². The van der Waals surface area contributed by atoms with E-state index in [-0.39, 0.29) is 16.8 Å². The molecule has 0 fully saturated rings. The molecule has 0 spiro atoms. The molecule has 2 N–H and O–H groups in total. The first-order valence-electron chi connectivity index (χ1n) is 12.5. The summed E-state index contributed by atoms with van der Waals surface area (Å²) in [4.78, 5) is 25.9. The zero-order chi connectivity index (χ0) is 27.9. The number of sulfonamides is 1. The van der Waals surface area contributed by atoms with Crippen LogP contribution < -0.4 is 10.0 Å². The Morgan fingerprint density at radius 2 is 1.65 bits per heavy atom. The number of nitrogens with one attached hydrogen (secondary N) is 2. The molecule has 1 atom stereocenters. The molecule has 0 saturated carbocycles. The normalized spacial score (nSPS) is 12.7. The van der Waals surface area contributed by atoms with Crippen LogP contribution in [0.25, 0.3) is 33.3 Å². The molecule has 6 rings (SSSR count). The molecule has 12 heteroatoms. The first-order chi connectivity index (χ1) is 19.3. The van der Waals surface area contributed by atoms with Gasteiger partial charge in [0.05, 0.1) is 10.1 Å². The Morgan fingerprint density at radius 1 is 0.925 bits per heavy atom. The lowest BCUT2D eigenvalue weighted by Crippen LogP contribution is -2.25. The number of hydrogen-bond acceptors (Lipinski definition) is 9. The van der Waals surface area contributed by atoms with Crippen molar-refractivity contribution in [2.45, 2.75) is 35.6 Å². The van der Waals surface area contributed by atoms with E-state index < -0.39 is 15.3 Å². The average molecular weight is 570 g/mol. The van der Waals surface area contributed by atoms with E-state index in [1.807, 2.05) is 31.2 Å². The number of aromatic nitrogens is 5. The predicted octanol–water partition coefficient (Wildman–Crippen LogP) is 5.08. The van der Waals surface area contributed by atoms with Gasteiger partial charge in [-0.25, -0.2) is 28.1 Å². The van der Waals surface area contributed by atoms with Gasteiger partial charge in [-0.15, -0.1) is 10.2 Å². The Bertz CT molecular complexity index is 1870. The lowest BCUT2D eigenvalue weighted by atomic mass is 10.0. The fourth-order valence-corrected chi connectivity index (χ4v) is 6.30. The van der Waals surface area contributed by atoms with Crippen LogP contribution in [0.4, 0.5) is 11.6 Å². The maximum atomic E-state index is 13.1. The monoisotopic (exact) mass is 569 g/mol. The Morgan fingerprint density at radius 3 is 2.35 bits per heavy atom. The van der Waals surface area contributed by atoms with Crippen LogP contribution in [-0.2, 0) is 14.8 Å². The van der Waals surface area contributed by atoms with Crippen molar-refractivity contribution in [3.05, 3.63) is 78.6 Å². The van der Waals surface area contributed by atoms with Gasteiger partial charge in [-0.3, -0.25) is 4.79 Å². The molecule has 5 aromatic rings. The van der Waals surface area contributed by atoms with Gasteiger partial charge in [0.25, 0.3) is 10.0 Å². The number of nitrogens with zero attached hydrogens (tertiary/aromatic N) is 5. The van der Waals surface area contributed by atoms with Crippen molar-refractivity contribution in [1.29, 1.82) is 0 Å². The van der Waals surface area contributed by atoms with E-state index in [4.69, 9.17) is 4.98 Å². The van der Waals surface area contributed by atoms with E-state index >= 15 is 0 Å². The third kappa shape index (κ3) is 4.87. The van der Waals surface area contributed by atoms with Crippen LogP contribution in [0.15, 0.2) is 83.0 Å². The molecule has 0 aliphatic heterocycles. The Labute approximate surface area is 234 Å². The quantitative estimate of drug-likeness (QED) is 0.240. The van der Waals surface area contributed by atoms with E-state index in [0.29, 0.717) is 23.0 Å². The van der Waals surface area contributed by atoms with E-state index in [2.05, 4.69) is 42.3 Å². The maximum absolute atomic E-state index is 13.1. The number of rotatable bonds is 8. The standard InChI is InChI=1S/C28H23N7O3S2/c1-3-22(39-28-32-24-20-8-4-6-17-7-5-9-21(23(17)20)25(24)33-34-28)26(36)31-18-10-12-19(13-11-18)40(37,38)35-27-29-15-14-16(2)30-27/h4-15,22H,3H2,1-2H3,(H,31,36)(H,29,30,35). The maximum Gasteiger partial charge on any atom is 0.264 e. The fourth-order valence-electron chi connectivity index (χ4n) is 4.53. The van der Waals surface area contributed by atoms with Gasteiger partial charge in [-0.05, 0) is 49.1 Å². The van der Waals surface area contributed by atoms with Crippen LogP contribution in [0.1, 0.15) is 19.0 Å². The van der Waals surface area contributed by atoms with Crippen molar-refractivity contribution >= 4 is 50.1 Å². The summed E-state index contributed by atoms with van der Waals surface area (Å²) in [5.74, 6) is -0.257. The first kappa shape index (κ1) is 25.8. The van der Waals surface area contributed by atoms with Gasteiger partial charge in [-0.2, -0.15) is 0 Å². The minimum atomic E-state index is -3.89. The number of amides is 1. The third-order valence-corrected chi connectivity index (χ3v) is 9.01. The second-order valence-electron chi connectivity index (χ2n) is 9.16. The fraction of sp³-hybridized carbons (Fsp3) is 0.143. The van der Waals surface area contributed by atoms with Gasteiger partial charge >= 0.3 is 0 Å². The van der Waals surface area contributed by atoms with Crippen molar-refractivity contribution in [1.82, 2.24) is 25.1 Å². The minimum absolute atomic E-state index is 0.0102. The zero-order valence-corrected chi connectivity index (χ0v) is 23.1. The van der Waals surface area contributed by atoms with Gasteiger partial charge in [0, 0.05) is 34.1 Å². The largest absolute Gasteiger partial charge is 0.325 e. The molecule has 1 aliphatic rings. The average Bonchev–Trinajstić information content (AvgIpc) is 3.26. The van der Waals surface area contributed by atoms with E-state index in [1.54, 1.807) is 13.0 Å². The molecule has 2 heterocycles. The molecule has 2 aromatic heterocycles. The molecule has 0 saturated heterocycles. The van der Waals surface area contributed by atoms with Crippen molar-refractivity contribution in [3.63, 3.8) is 0 Å². The van der Waals surface area contributed by atoms with Crippen LogP contribution in [0.2, 0.25) is 0 Å². The lowest BCUT2D eigenvalue weighted by molar-refractivity contribution is -0.115. The van der Waals surface area contributed by atoms with Crippen LogP contribution in [0, 0.1) is 6.92 Å². The molecule has 3 aromatic carbocycles. The highest BCUT2D eigenvalue weighted by Gasteiger charge is 2.27. The second-order valence-corrected chi connectivity index (χ2v) is 12.0. The molecule has 1 amide bonds. The second kappa shape index (κ2) is 10.3. The molecular weight excluding hydrogens is 546 g/mol. The van der Waals surface area contributed by atoms with Crippen molar-refractivity contribution in [2.24, 2.45) is 0 Å². The SMILES string of the molecule is CCC(Sc1nnc2c(n1)-c1cccc3cccc-2c13)C(=O)Nc1ccc(S(=O)(=O)Nc2nccc(C)n2)cc1. The van der Waals surface area contributed by atoms with Gasteiger partial charge in [0.15, 0.2) is 0 Å². The molecule has 200 valence electrons. The number of aryl methyl sites for hydroxylation is 1. The zero-order valence-electron chi connectivity index (χ0n) is 21.5. The number of benzene rings is 3. The van der Waals surface area contributed by atoms with Crippen LogP contribution >= 0.6 is 11.8 Å². The summed E-state index contributed by atoms with van der Waals surface area (Å²) < 4.78 is 27.8. The molecule has 0 radical (unpaired) electrons. The molecule has 1 aliphatic carbocycles. The molecule has 1 unspecified atom stereocenters. The number of thioether (sulfide) groups is 1. The summed E-state index contributed by atoms with van der Waals surface area (Å²) >= 11 is 1.24. The third-order valence-electron chi connectivity index (χ3n) is 6.45. The predicted molar refractivity (Wildman–Crippen MR) is 154 cm³/mol. The van der Waals surface area contributed by atoms with Crippen LogP contribution in [0.3, 0.4) is 0 Å². The van der Waals surface area contributed by atoms with Crippen molar-refractivity contribution < 1.29 is 13.2 Å². The molecule has 40 heavy (non-hydrogen) atoms. The molecule has 0 bridgehead atoms. The summed E-state index contributed by atoms with van der Waals surface area (Å²) in [5, 5.41) is 13.8. The van der Waals surface area contributed by atoms with Gasteiger partial charge in [-0.1, -0.05) is 55.1 Å². The summed E-state index contributed by atoms with van der Waals surface area (Å²) in [7, 11) is -3.89. The minimum Gasteiger partial charge on any atom is -0.325 e. The Kier molecular flexibility index (Phi) is 6.64. The van der Waals surface area contributed by atoms with Crippen molar-refractivity contribution in [3.8, 4) is 22.5 Å². The van der Waals surface area contributed by atoms with Crippen LogP contribution in [-0.4, -0.2) is 44.7 Å². The number of hydrogen-bond donors (Lipinski definition) is 2. The van der Waals surface area contributed by atoms with Gasteiger partial charge in [0.2, 0.25) is 17.0 Å². The van der Waals surface area contributed by atoms with E-state index in [1.165, 1.54) is 42.2 Å². The highest BCUT2D eigenvalue weighted by atomic mass is 32.2. The molecular formula is C28H23N7O3S2. The smallest absolute Gasteiger partial charge is 0.264 e. The van der Waals surface area contributed by atoms with E-state index in [0.717, 1.165) is 33.3 Å². The summed E-state index contributed by atoms with van der Waals surface area (Å²) in [6.07, 6.45) is 2.00. The number of fused-ring (bicyclic) bond motifs is 3. The summed E-state index contributed by atoms with van der Waals surface area (Å²) in [6.45, 7) is 3.65. The number of carbonyl (C=O) groups excluding carboxylic acids is 1. The Balaban J connectivity index is 1.15. The van der Waals surface area contributed by atoms with Gasteiger partial charge < -0.3 is 5.32 Å². The highest BCUT2D eigenvalue weighted by Crippen LogP contribution is 2.45. The lowest BCUT2D eigenvalue weighted by Gasteiger charge is -2.14. The Hall–Kier alpha value is -4.42. The number of anilines is 2. The summed E-state index contributed by atoms with van der Waals surface area (Å²) in [5.41, 5.74) is 4.63. The van der Waals surface area contributed by atoms with Crippen LogP contribution in [0.5, 0.6) is 0 Å². The molecule has 10 nitrogen and oxygen atoms in total. The topological polar surface area (TPSA) is 140 Å². The van der Waals surface area contributed by atoms with E-state index in [9.17, 15) is 13.2 Å².